The molecule has 0 unspecified atom stereocenters. The predicted octanol–water partition coefficient (Wildman–Crippen LogP) is 3.69. The quantitative estimate of drug-likeness (QED) is 0.419. The van der Waals surface area contributed by atoms with Gasteiger partial charge in [-0.2, -0.15) is 0 Å². The molecule has 0 spiro atoms. The molecular formula is C16H14BrNO3S2. The van der Waals surface area contributed by atoms with Crippen molar-refractivity contribution in [3.05, 3.63) is 27.1 Å². The number of halogens is 1. The summed E-state index contributed by atoms with van der Waals surface area (Å²) in [6.07, 6.45) is 7.01. The average molecular weight is 412 g/mol. The lowest BCUT2D eigenvalue weighted by Crippen LogP contribution is -2.27. The van der Waals surface area contributed by atoms with Crippen LogP contribution in [0.5, 0.6) is 11.5 Å². The van der Waals surface area contributed by atoms with E-state index in [0.29, 0.717) is 32.8 Å². The molecule has 0 aliphatic carbocycles. The molecule has 0 saturated carbocycles. The first-order valence-corrected chi connectivity index (χ1v) is 8.72. The molecule has 0 bridgehead atoms. The van der Waals surface area contributed by atoms with Crippen LogP contribution in [0.4, 0.5) is 0 Å². The van der Waals surface area contributed by atoms with Gasteiger partial charge in [0.15, 0.2) is 11.5 Å². The zero-order valence-corrected chi connectivity index (χ0v) is 15.8. The maximum atomic E-state index is 12.3. The van der Waals surface area contributed by atoms with E-state index in [9.17, 15) is 4.79 Å². The van der Waals surface area contributed by atoms with Crippen molar-refractivity contribution < 1.29 is 14.3 Å². The molecule has 1 heterocycles. The Morgan fingerprint density at radius 3 is 2.83 bits per heavy atom. The van der Waals surface area contributed by atoms with Gasteiger partial charge in [0.2, 0.25) is 0 Å². The maximum Gasteiger partial charge on any atom is 0.266 e. The molecule has 2 rings (SSSR count). The second-order valence-corrected chi connectivity index (χ2v) is 7.04. The lowest BCUT2D eigenvalue weighted by molar-refractivity contribution is -0.121. The molecule has 1 aromatic carbocycles. The molecule has 1 fully saturated rings. The third-order valence-electron chi connectivity index (χ3n) is 3.04. The van der Waals surface area contributed by atoms with Crippen LogP contribution in [-0.4, -0.2) is 35.4 Å². The van der Waals surface area contributed by atoms with Crippen molar-refractivity contribution in [2.45, 2.75) is 6.92 Å². The third kappa shape index (κ3) is 3.89. The van der Waals surface area contributed by atoms with Gasteiger partial charge in [0.05, 0.1) is 12.0 Å². The zero-order valence-electron chi connectivity index (χ0n) is 12.6. The lowest BCUT2D eigenvalue weighted by atomic mass is 10.1. The standard InChI is InChI=1S/C16H14BrNO3S2/c1-4-6-21-14-10(7-11(17)9-12(14)20-3)8-13-15(19)18(5-2)16(22)23-13/h1,7-9H,5-6H2,2-3H3. The molecule has 4 nitrogen and oxygen atoms in total. The molecule has 1 amide bonds. The molecule has 0 atom stereocenters. The van der Waals surface area contributed by atoms with Gasteiger partial charge in [-0.05, 0) is 25.1 Å². The van der Waals surface area contributed by atoms with E-state index in [1.54, 1.807) is 24.2 Å². The van der Waals surface area contributed by atoms with Gasteiger partial charge in [-0.3, -0.25) is 9.69 Å². The number of hydrogen-bond acceptors (Lipinski definition) is 5. The Morgan fingerprint density at radius 2 is 2.26 bits per heavy atom. The molecule has 0 N–H and O–H groups in total. The number of rotatable bonds is 5. The minimum absolute atomic E-state index is 0.106. The van der Waals surface area contributed by atoms with Crippen LogP contribution in [0.15, 0.2) is 21.5 Å². The summed E-state index contributed by atoms with van der Waals surface area (Å²) in [5, 5.41) is 0. The smallest absolute Gasteiger partial charge is 0.266 e. The maximum absolute atomic E-state index is 12.3. The number of terminal acetylenes is 1. The molecular weight excluding hydrogens is 398 g/mol. The van der Waals surface area contributed by atoms with Crippen molar-refractivity contribution in [3.63, 3.8) is 0 Å². The first-order chi connectivity index (χ1) is 11.0. The Balaban J connectivity index is 2.48. The molecule has 1 aliphatic heterocycles. The summed E-state index contributed by atoms with van der Waals surface area (Å²) in [7, 11) is 1.55. The van der Waals surface area contributed by atoms with Gasteiger partial charge in [0.1, 0.15) is 10.9 Å². The number of methoxy groups -OCH3 is 1. The highest BCUT2D eigenvalue weighted by molar-refractivity contribution is 9.10. The van der Waals surface area contributed by atoms with E-state index in [1.165, 1.54) is 11.8 Å². The highest BCUT2D eigenvalue weighted by Gasteiger charge is 2.31. The number of thioether (sulfide) groups is 1. The minimum atomic E-state index is -0.107. The van der Waals surface area contributed by atoms with E-state index < -0.39 is 0 Å². The first kappa shape index (κ1) is 17.9. The molecule has 0 aromatic heterocycles. The summed E-state index contributed by atoms with van der Waals surface area (Å²) < 4.78 is 12.3. The van der Waals surface area contributed by atoms with Crippen LogP contribution in [0.25, 0.3) is 6.08 Å². The summed E-state index contributed by atoms with van der Waals surface area (Å²) in [5.74, 6) is 3.35. The SMILES string of the molecule is C#CCOc1c(C=C2SC(=S)N(CC)C2=O)cc(Br)cc1OC. The fraction of sp³-hybridized carbons (Fsp3) is 0.250. The Hall–Kier alpha value is -1.49. The summed E-state index contributed by atoms with van der Waals surface area (Å²) >= 11 is 9.92. The number of hydrogen-bond donors (Lipinski definition) is 0. The number of amides is 1. The highest BCUT2D eigenvalue weighted by atomic mass is 79.9. The van der Waals surface area contributed by atoms with Crippen LogP contribution in [0, 0.1) is 12.3 Å². The summed E-state index contributed by atoms with van der Waals surface area (Å²) in [6.45, 7) is 2.54. The van der Waals surface area contributed by atoms with Crippen LogP contribution in [0.3, 0.4) is 0 Å². The summed E-state index contributed by atoms with van der Waals surface area (Å²) in [5.41, 5.74) is 0.697. The molecule has 1 saturated heterocycles. The van der Waals surface area contributed by atoms with Crippen molar-refractivity contribution in [1.82, 2.24) is 4.90 Å². The molecule has 23 heavy (non-hydrogen) atoms. The van der Waals surface area contributed by atoms with E-state index >= 15 is 0 Å². The Bertz CT molecular complexity index is 725. The summed E-state index contributed by atoms with van der Waals surface area (Å²) in [6, 6.07) is 3.62. The monoisotopic (exact) mass is 411 g/mol. The first-order valence-electron chi connectivity index (χ1n) is 6.71. The van der Waals surface area contributed by atoms with E-state index in [4.69, 9.17) is 28.1 Å². The van der Waals surface area contributed by atoms with Crippen molar-refractivity contribution in [2.75, 3.05) is 20.3 Å². The molecule has 0 radical (unpaired) electrons. The normalized spacial score (nSPS) is 15.9. The van der Waals surface area contributed by atoms with Crippen LogP contribution in [-0.2, 0) is 4.79 Å². The number of benzene rings is 1. The Morgan fingerprint density at radius 1 is 1.52 bits per heavy atom. The van der Waals surface area contributed by atoms with E-state index in [0.717, 1.165) is 4.47 Å². The van der Waals surface area contributed by atoms with Gasteiger partial charge in [-0.15, -0.1) is 6.42 Å². The van der Waals surface area contributed by atoms with Gasteiger partial charge < -0.3 is 9.47 Å². The van der Waals surface area contributed by atoms with Crippen LogP contribution >= 0.6 is 39.9 Å². The number of carbonyl (C=O) groups is 1. The Kier molecular flexibility index (Phi) is 6.10. The average Bonchev–Trinajstić information content (AvgIpc) is 2.79. The van der Waals surface area contributed by atoms with E-state index in [2.05, 4.69) is 21.9 Å². The predicted molar refractivity (Wildman–Crippen MR) is 101 cm³/mol. The topological polar surface area (TPSA) is 38.8 Å². The second kappa shape index (κ2) is 7.86. The molecule has 7 heteroatoms. The fourth-order valence-electron chi connectivity index (χ4n) is 2.03. The van der Waals surface area contributed by atoms with Gasteiger partial charge in [0.25, 0.3) is 5.91 Å². The second-order valence-electron chi connectivity index (χ2n) is 4.45. The van der Waals surface area contributed by atoms with Crippen LogP contribution < -0.4 is 9.47 Å². The van der Waals surface area contributed by atoms with Crippen molar-refractivity contribution in [3.8, 4) is 23.8 Å². The van der Waals surface area contributed by atoms with Gasteiger partial charge in [-0.1, -0.05) is 45.8 Å². The lowest BCUT2D eigenvalue weighted by Gasteiger charge is -2.13. The largest absolute Gasteiger partial charge is 0.493 e. The highest BCUT2D eigenvalue weighted by Crippen LogP contribution is 2.39. The van der Waals surface area contributed by atoms with Crippen molar-refractivity contribution in [1.29, 1.82) is 0 Å². The van der Waals surface area contributed by atoms with E-state index in [1.807, 2.05) is 13.0 Å². The number of thiocarbonyl (C=S) groups is 1. The molecule has 1 aromatic rings. The Labute approximate surface area is 153 Å². The number of carbonyl (C=O) groups excluding carboxylic acids is 1. The van der Waals surface area contributed by atoms with Crippen molar-refractivity contribution in [2.24, 2.45) is 0 Å². The molecule has 1 aliphatic rings. The van der Waals surface area contributed by atoms with Gasteiger partial charge in [-0.25, -0.2) is 0 Å². The molecule has 120 valence electrons. The van der Waals surface area contributed by atoms with Gasteiger partial charge in [0, 0.05) is 16.6 Å². The van der Waals surface area contributed by atoms with E-state index in [-0.39, 0.29) is 12.5 Å². The zero-order chi connectivity index (χ0) is 17.0. The van der Waals surface area contributed by atoms with Crippen LogP contribution in [0.2, 0.25) is 0 Å². The van der Waals surface area contributed by atoms with Crippen molar-refractivity contribution >= 4 is 56.2 Å². The number of likely N-dealkylation sites (N-methyl/N-ethyl adjacent to an activating group) is 1. The fourth-order valence-corrected chi connectivity index (χ4v) is 3.86. The van der Waals surface area contributed by atoms with Crippen LogP contribution in [0.1, 0.15) is 12.5 Å². The summed E-state index contributed by atoms with van der Waals surface area (Å²) in [4.78, 5) is 14.5. The minimum Gasteiger partial charge on any atom is -0.493 e. The van der Waals surface area contributed by atoms with Gasteiger partial charge >= 0.3 is 0 Å². The third-order valence-corrected chi connectivity index (χ3v) is 4.88. The number of ether oxygens (including phenoxy) is 2. The number of nitrogens with zero attached hydrogens (tertiary/aromatic N) is 1.